The number of nitrogens with zero attached hydrogens (tertiary/aromatic N) is 3. The van der Waals surface area contributed by atoms with Gasteiger partial charge in [-0.1, -0.05) is 5.92 Å². The van der Waals surface area contributed by atoms with Crippen LogP contribution in [0.4, 0.5) is 0 Å². The molecular weight excluding hydrogens is 178 g/mol. The maximum Gasteiger partial charge on any atom is 0.253 e. The van der Waals surface area contributed by atoms with E-state index in [1.165, 1.54) is 5.01 Å². The maximum atomic E-state index is 11.8. The summed E-state index contributed by atoms with van der Waals surface area (Å²) in [7, 11) is 2.02. The van der Waals surface area contributed by atoms with Gasteiger partial charge in [0, 0.05) is 19.5 Å². The van der Waals surface area contributed by atoms with E-state index in [4.69, 9.17) is 6.42 Å². The van der Waals surface area contributed by atoms with Crippen molar-refractivity contribution in [2.24, 2.45) is 11.0 Å². The van der Waals surface area contributed by atoms with Crippen molar-refractivity contribution in [1.29, 1.82) is 0 Å². The van der Waals surface area contributed by atoms with E-state index in [-0.39, 0.29) is 11.8 Å². The Hall–Kier alpha value is -1.34. The number of fused-ring (bicyclic) bond motifs is 1. The van der Waals surface area contributed by atoms with Gasteiger partial charge in [-0.05, 0) is 7.05 Å². The second-order valence-electron chi connectivity index (χ2n) is 3.76. The molecule has 0 saturated carbocycles. The lowest BCUT2D eigenvalue weighted by Gasteiger charge is -2.25. The second-order valence-corrected chi connectivity index (χ2v) is 3.76. The minimum atomic E-state index is -0.0397. The Bertz CT molecular complexity index is 329. The van der Waals surface area contributed by atoms with Gasteiger partial charge in [-0.15, -0.1) is 6.42 Å². The average Bonchev–Trinajstić information content (AvgIpc) is 2.46. The number of piperidine rings is 1. The fraction of sp³-hybridized carbons (Fsp3) is 0.600. The highest BCUT2D eigenvalue weighted by Gasteiger charge is 2.38. The molecular formula is C10H13N3O. The molecule has 0 aromatic carbocycles. The molecule has 2 rings (SSSR count). The van der Waals surface area contributed by atoms with Crippen LogP contribution in [0.15, 0.2) is 5.10 Å². The summed E-state index contributed by atoms with van der Waals surface area (Å²) in [6, 6.07) is 0. The number of terminal acetylenes is 1. The van der Waals surface area contributed by atoms with E-state index >= 15 is 0 Å². The fourth-order valence-electron chi connectivity index (χ4n) is 1.91. The van der Waals surface area contributed by atoms with Crippen LogP contribution >= 0.6 is 0 Å². The van der Waals surface area contributed by atoms with Crippen molar-refractivity contribution in [2.45, 2.75) is 6.42 Å². The first-order valence-electron chi connectivity index (χ1n) is 4.73. The molecule has 1 fully saturated rings. The molecule has 0 bridgehead atoms. The van der Waals surface area contributed by atoms with Crippen molar-refractivity contribution in [1.82, 2.24) is 9.91 Å². The van der Waals surface area contributed by atoms with Gasteiger partial charge in [0.1, 0.15) is 6.54 Å². The molecule has 4 nitrogen and oxygen atoms in total. The Morgan fingerprint density at radius 2 is 2.50 bits per heavy atom. The lowest BCUT2D eigenvalue weighted by Crippen LogP contribution is -2.41. The van der Waals surface area contributed by atoms with Crippen LogP contribution in [0.5, 0.6) is 0 Å². The highest BCUT2D eigenvalue weighted by Crippen LogP contribution is 2.22. The molecule has 0 aliphatic carbocycles. The van der Waals surface area contributed by atoms with E-state index in [9.17, 15) is 4.79 Å². The Morgan fingerprint density at radius 1 is 1.71 bits per heavy atom. The lowest BCUT2D eigenvalue weighted by atomic mass is 9.96. The van der Waals surface area contributed by atoms with E-state index in [2.05, 4.69) is 15.9 Å². The van der Waals surface area contributed by atoms with E-state index in [0.29, 0.717) is 6.54 Å². The van der Waals surface area contributed by atoms with Crippen molar-refractivity contribution >= 4 is 11.6 Å². The van der Waals surface area contributed by atoms with Gasteiger partial charge in [0.15, 0.2) is 0 Å². The summed E-state index contributed by atoms with van der Waals surface area (Å²) in [5.74, 6) is 2.47. The smallest absolute Gasteiger partial charge is 0.253 e. The van der Waals surface area contributed by atoms with Gasteiger partial charge in [0.25, 0.3) is 5.91 Å². The van der Waals surface area contributed by atoms with Crippen LogP contribution in [0.3, 0.4) is 0 Å². The molecule has 4 heteroatoms. The summed E-state index contributed by atoms with van der Waals surface area (Å²) < 4.78 is 0. The third-order valence-electron chi connectivity index (χ3n) is 2.69. The molecule has 0 radical (unpaired) electrons. The van der Waals surface area contributed by atoms with Gasteiger partial charge in [-0.2, -0.15) is 5.10 Å². The van der Waals surface area contributed by atoms with Crippen molar-refractivity contribution in [3.05, 3.63) is 0 Å². The third kappa shape index (κ3) is 1.40. The van der Waals surface area contributed by atoms with E-state index in [1.54, 1.807) is 0 Å². The largest absolute Gasteiger partial charge is 0.305 e. The van der Waals surface area contributed by atoms with Crippen molar-refractivity contribution in [3.8, 4) is 12.3 Å². The van der Waals surface area contributed by atoms with E-state index < -0.39 is 0 Å². The minimum absolute atomic E-state index is 0.0397. The van der Waals surface area contributed by atoms with Gasteiger partial charge in [-0.3, -0.25) is 4.79 Å². The summed E-state index contributed by atoms with van der Waals surface area (Å²) in [5, 5.41) is 5.66. The van der Waals surface area contributed by atoms with Crippen LogP contribution in [0.2, 0.25) is 0 Å². The topological polar surface area (TPSA) is 35.9 Å². The molecule has 1 amide bonds. The highest BCUT2D eigenvalue weighted by atomic mass is 16.2. The van der Waals surface area contributed by atoms with E-state index in [1.807, 2.05) is 7.05 Å². The molecule has 0 aromatic rings. The second kappa shape index (κ2) is 3.43. The number of amides is 1. The van der Waals surface area contributed by atoms with Crippen molar-refractivity contribution < 1.29 is 4.79 Å². The zero-order valence-corrected chi connectivity index (χ0v) is 8.23. The monoisotopic (exact) mass is 191 g/mol. The molecule has 1 unspecified atom stereocenters. The van der Waals surface area contributed by atoms with Crippen LogP contribution in [0.25, 0.3) is 0 Å². The summed E-state index contributed by atoms with van der Waals surface area (Å²) in [5.41, 5.74) is 1.00. The standard InChI is InChI=1S/C10H13N3O/c1-3-5-13-10(14)8-7-12(2)6-4-9(8)11-13/h1,8H,4-7H2,2H3. The molecule has 74 valence electrons. The van der Waals surface area contributed by atoms with Gasteiger partial charge in [-0.25, -0.2) is 5.01 Å². The Kier molecular flexibility index (Phi) is 2.26. The normalized spacial score (nSPS) is 27.1. The zero-order valence-electron chi connectivity index (χ0n) is 8.23. The predicted octanol–water partition coefficient (Wildman–Crippen LogP) is -0.230. The number of likely N-dealkylation sites (tertiary alicyclic amines) is 1. The van der Waals surface area contributed by atoms with Crippen LogP contribution in [0, 0.1) is 18.3 Å². The lowest BCUT2D eigenvalue weighted by molar-refractivity contribution is -0.131. The molecule has 0 N–H and O–H groups in total. The van der Waals surface area contributed by atoms with Crippen molar-refractivity contribution in [3.63, 3.8) is 0 Å². The molecule has 0 aromatic heterocycles. The van der Waals surface area contributed by atoms with Crippen LogP contribution in [0.1, 0.15) is 6.42 Å². The molecule has 14 heavy (non-hydrogen) atoms. The number of rotatable bonds is 1. The first kappa shape index (κ1) is 9.22. The van der Waals surface area contributed by atoms with E-state index in [0.717, 1.165) is 25.2 Å². The van der Waals surface area contributed by atoms with Crippen molar-refractivity contribution in [2.75, 3.05) is 26.7 Å². The fourth-order valence-corrected chi connectivity index (χ4v) is 1.91. The molecule has 2 aliphatic heterocycles. The number of hydrogen-bond donors (Lipinski definition) is 0. The third-order valence-corrected chi connectivity index (χ3v) is 2.69. The summed E-state index contributed by atoms with van der Waals surface area (Å²) >= 11 is 0. The Morgan fingerprint density at radius 3 is 3.21 bits per heavy atom. The van der Waals surface area contributed by atoms with Gasteiger partial charge in [0.05, 0.1) is 11.6 Å². The summed E-state index contributed by atoms with van der Waals surface area (Å²) in [4.78, 5) is 13.9. The molecule has 2 aliphatic rings. The number of hydrogen-bond acceptors (Lipinski definition) is 3. The number of carbonyl (C=O) groups is 1. The zero-order chi connectivity index (χ0) is 10.1. The summed E-state index contributed by atoms with van der Waals surface area (Å²) in [6.07, 6.45) is 6.05. The molecule has 1 atom stereocenters. The number of carbonyl (C=O) groups excluding carboxylic acids is 1. The first-order chi connectivity index (χ1) is 6.72. The first-order valence-corrected chi connectivity index (χ1v) is 4.73. The molecule has 2 heterocycles. The Balaban J connectivity index is 2.14. The molecule has 0 spiro atoms. The van der Waals surface area contributed by atoms with Gasteiger partial charge < -0.3 is 4.90 Å². The SMILES string of the molecule is C#CCN1N=C2CCN(C)CC2C1=O. The quantitative estimate of drug-likeness (QED) is 0.537. The van der Waals surface area contributed by atoms with Crippen LogP contribution in [-0.2, 0) is 4.79 Å². The van der Waals surface area contributed by atoms with Gasteiger partial charge in [0.2, 0.25) is 0 Å². The summed E-state index contributed by atoms with van der Waals surface area (Å²) in [6.45, 7) is 2.05. The number of hydrazone groups is 1. The highest BCUT2D eigenvalue weighted by molar-refractivity contribution is 6.08. The van der Waals surface area contributed by atoms with Crippen LogP contribution < -0.4 is 0 Å². The average molecular weight is 191 g/mol. The van der Waals surface area contributed by atoms with Crippen LogP contribution in [-0.4, -0.2) is 48.2 Å². The predicted molar refractivity (Wildman–Crippen MR) is 53.6 cm³/mol. The molecule has 1 saturated heterocycles. The maximum absolute atomic E-state index is 11.8. The minimum Gasteiger partial charge on any atom is -0.305 e. The Labute approximate surface area is 83.6 Å². The van der Waals surface area contributed by atoms with Gasteiger partial charge >= 0.3 is 0 Å².